The summed E-state index contributed by atoms with van der Waals surface area (Å²) in [6.45, 7) is 2.00. The van der Waals surface area contributed by atoms with Gasteiger partial charge in [0, 0.05) is 24.8 Å². The molecule has 1 saturated carbocycles. The van der Waals surface area contributed by atoms with Gasteiger partial charge in [0.15, 0.2) is 0 Å². The average Bonchev–Trinajstić information content (AvgIpc) is 2.33. The van der Waals surface area contributed by atoms with Gasteiger partial charge in [-0.1, -0.05) is 18.2 Å². The van der Waals surface area contributed by atoms with Gasteiger partial charge in [-0.15, -0.1) is 0 Å². The molecule has 1 aliphatic carbocycles. The zero-order chi connectivity index (χ0) is 11.7. The van der Waals surface area contributed by atoms with Crippen LogP contribution in [0.3, 0.4) is 0 Å². The fourth-order valence-corrected chi connectivity index (χ4v) is 2.74. The lowest BCUT2D eigenvalue weighted by atomic mass is 9.89. The Balaban J connectivity index is 1.66. The lowest BCUT2D eigenvalue weighted by molar-refractivity contribution is 0.0619. The fraction of sp³-hybridized carbons (Fsp3) is 0.571. The number of para-hydroxylation sites is 1. The van der Waals surface area contributed by atoms with Crippen LogP contribution in [0.4, 0.5) is 5.69 Å². The van der Waals surface area contributed by atoms with Crippen LogP contribution in [0, 0.1) is 0 Å². The molecule has 1 heterocycles. The topological polar surface area (TPSA) is 44.3 Å². The summed E-state index contributed by atoms with van der Waals surface area (Å²) >= 11 is 0. The van der Waals surface area contributed by atoms with Gasteiger partial charge >= 0.3 is 0 Å². The number of anilines is 1. The second kappa shape index (κ2) is 4.67. The van der Waals surface area contributed by atoms with Crippen LogP contribution in [-0.4, -0.2) is 23.8 Å². The van der Waals surface area contributed by atoms with Crippen LogP contribution in [0.5, 0.6) is 0 Å². The van der Waals surface area contributed by atoms with Crippen molar-refractivity contribution in [1.82, 2.24) is 5.32 Å². The van der Waals surface area contributed by atoms with E-state index in [0.29, 0.717) is 6.04 Å². The smallest absolute Gasteiger partial charge is 0.0570 e. The van der Waals surface area contributed by atoms with Crippen molar-refractivity contribution >= 4 is 5.69 Å². The van der Waals surface area contributed by atoms with Gasteiger partial charge in [0.05, 0.1) is 6.10 Å². The van der Waals surface area contributed by atoms with Crippen molar-refractivity contribution in [2.45, 2.75) is 44.4 Å². The fourth-order valence-electron chi connectivity index (χ4n) is 2.74. The normalized spacial score (nSPS) is 26.9. The van der Waals surface area contributed by atoms with Crippen molar-refractivity contribution in [2.75, 3.05) is 11.9 Å². The first-order valence-corrected chi connectivity index (χ1v) is 6.59. The van der Waals surface area contributed by atoms with E-state index in [4.69, 9.17) is 0 Å². The largest absolute Gasteiger partial charge is 0.393 e. The Morgan fingerprint density at radius 2 is 2.24 bits per heavy atom. The Morgan fingerprint density at radius 3 is 3.06 bits per heavy atom. The Hall–Kier alpha value is -1.06. The van der Waals surface area contributed by atoms with E-state index >= 15 is 0 Å². The number of aliphatic hydroxyl groups is 1. The van der Waals surface area contributed by atoms with E-state index in [9.17, 15) is 5.11 Å². The summed E-state index contributed by atoms with van der Waals surface area (Å²) in [5, 5.41) is 16.3. The van der Waals surface area contributed by atoms with Crippen LogP contribution in [0.1, 0.15) is 30.4 Å². The molecule has 3 rings (SSSR count). The average molecular weight is 232 g/mol. The zero-order valence-electron chi connectivity index (χ0n) is 10.1. The number of rotatable bonds is 3. The summed E-state index contributed by atoms with van der Waals surface area (Å²) in [6, 6.07) is 7.07. The first kappa shape index (κ1) is 11.1. The van der Waals surface area contributed by atoms with E-state index < -0.39 is 0 Å². The van der Waals surface area contributed by atoms with E-state index in [1.54, 1.807) is 0 Å². The summed E-state index contributed by atoms with van der Waals surface area (Å²) in [5.74, 6) is 0. The van der Waals surface area contributed by atoms with Crippen molar-refractivity contribution in [2.24, 2.45) is 0 Å². The highest BCUT2D eigenvalue weighted by atomic mass is 16.3. The maximum absolute atomic E-state index is 9.26. The van der Waals surface area contributed by atoms with Gasteiger partial charge in [0.2, 0.25) is 0 Å². The molecule has 0 bridgehead atoms. The molecular formula is C14H20N2O. The molecule has 3 nitrogen and oxygen atoms in total. The minimum absolute atomic E-state index is 0.0738. The van der Waals surface area contributed by atoms with Crippen LogP contribution in [0.15, 0.2) is 18.2 Å². The van der Waals surface area contributed by atoms with Crippen molar-refractivity contribution in [3.05, 3.63) is 29.3 Å². The van der Waals surface area contributed by atoms with E-state index in [-0.39, 0.29) is 6.10 Å². The van der Waals surface area contributed by atoms with Gasteiger partial charge in [-0.2, -0.15) is 0 Å². The molecule has 0 unspecified atom stereocenters. The molecule has 0 saturated heterocycles. The SMILES string of the molecule is OC1CC(NCc2cccc3c2NCCC3)C1. The molecule has 0 amide bonds. The summed E-state index contributed by atoms with van der Waals surface area (Å²) in [5.41, 5.74) is 4.15. The van der Waals surface area contributed by atoms with E-state index in [0.717, 1.165) is 25.9 Å². The third-order valence-electron chi connectivity index (χ3n) is 3.86. The first-order valence-electron chi connectivity index (χ1n) is 6.59. The molecule has 1 aromatic carbocycles. The molecule has 1 aliphatic heterocycles. The molecule has 0 atom stereocenters. The molecule has 0 radical (unpaired) electrons. The summed E-state index contributed by atoms with van der Waals surface area (Å²) in [4.78, 5) is 0. The third-order valence-corrected chi connectivity index (χ3v) is 3.86. The number of nitrogens with one attached hydrogen (secondary N) is 2. The zero-order valence-corrected chi connectivity index (χ0v) is 10.1. The summed E-state index contributed by atoms with van der Waals surface area (Å²) < 4.78 is 0. The predicted octanol–water partition coefficient (Wildman–Crippen LogP) is 1.66. The van der Waals surface area contributed by atoms with Crippen molar-refractivity contribution in [3.8, 4) is 0 Å². The second-order valence-electron chi connectivity index (χ2n) is 5.18. The molecule has 2 aliphatic rings. The van der Waals surface area contributed by atoms with Crippen molar-refractivity contribution in [3.63, 3.8) is 0 Å². The monoisotopic (exact) mass is 232 g/mol. The standard InChI is InChI=1S/C14H20N2O/c17-13-7-12(8-13)16-9-11-4-1-3-10-5-2-6-15-14(10)11/h1,3-4,12-13,15-17H,2,5-9H2. The summed E-state index contributed by atoms with van der Waals surface area (Å²) in [7, 11) is 0. The highest BCUT2D eigenvalue weighted by Gasteiger charge is 2.26. The Kier molecular flexibility index (Phi) is 3.04. The van der Waals surface area contributed by atoms with E-state index in [1.807, 2.05) is 0 Å². The maximum Gasteiger partial charge on any atom is 0.0570 e. The van der Waals surface area contributed by atoms with Crippen LogP contribution >= 0.6 is 0 Å². The predicted molar refractivity (Wildman–Crippen MR) is 69.1 cm³/mol. The Bertz CT molecular complexity index is 399. The maximum atomic E-state index is 9.26. The van der Waals surface area contributed by atoms with Crippen LogP contribution in [0.25, 0.3) is 0 Å². The number of aryl methyl sites for hydroxylation is 1. The molecule has 92 valence electrons. The van der Waals surface area contributed by atoms with Crippen molar-refractivity contribution in [1.29, 1.82) is 0 Å². The molecule has 1 aromatic rings. The molecule has 0 spiro atoms. The Morgan fingerprint density at radius 1 is 1.35 bits per heavy atom. The Labute approximate surface area is 102 Å². The number of benzene rings is 1. The quantitative estimate of drug-likeness (QED) is 0.742. The van der Waals surface area contributed by atoms with Crippen molar-refractivity contribution < 1.29 is 5.11 Å². The van der Waals surface area contributed by atoms with Gasteiger partial charge in [-0.05, 0) is 36.8 Å². The molecular weight excluding hydrogens is 212 g/mol. The van der Waals surface area contributed by atoms with Crippen LogP contribution in [-0.2, 0) is 13.0 Å². The number of hydrogen-bond donors (Lipinski definition) is 3. The molecule has 3 N–H and O–H groups in total. The number of fused-ring (bicyclic) bond motifs is 1. The lowest BCUT2D eigenvalue weighted by Crippen LogP contribution is -2.43. The third kappa shape index (κ3) is 2.31. The molecule has 3 heteroatoms. The minimum atomic E-state index is -0.0738. The van der Waals surface area contributed by atoms with E-state index in [2.05, 4.69) is 28.8 Å². The lowest BCUT2D eigenvalue weighted by Gasteiger charge is -2.32. The van der Waals surface area contributed by atoms with Crippen LogP contribution in [0.2, 0.25) is 0 Å². The second-order valence-corrected chi connectivity index (χ2v) is 5.18. The molecule has 1 fully saturated rings. The van der Waals surface area contributed by atoms with Gasteiger partial charge in [-0.25, -0.2) is 0 Å². The van der Waals surface area contributed by atoms with E-state index in [1.165, 1.54) is 29.7 Å². The molecule has 17 heavy (non-hydrogen) atoms. The van der Waals surface area contributed by atoms with Gasteiger partial charge in [-0.3, -0.25) is 0 Å². The van der Waals surface area contributed by atoms with Gasteiger partial charge in [0.25, 0.3) is 0 Å². The first-order chi connectivity index (χ1) is 8.33. The summed E-state index contributed by atoms with van der Waals surface area (Å²) in [6.07, 6.45) is 4.16. The highest BCUT2D eigenvalue weighted by molar-refractivity contribution is 5.59. The van der Waals surface area contributed by atoms with Crippen LogP contribution < -0.4 is 10.6 Å². The highest BCUT2D eigenvalue weighted by Crippen LogP contribution is 2.27. The van der Waals surface area contributed by atoms with Gasteiger partial charge in [0.1, 0.15) is 0 Å². The van der Waals surface area contributed by atoms with Gasteiger partial charge < -0.3 is 15.7 Å². The number of hydrogen-bond acceptors (Lipinski definition) is 3. The number of aliphatic hydroxyl groups excluding tert-OH is 1. The molecule has 0 aromatic heterocycles. The minimum Gasteiger partial charge on any atom is -0.393 e.